The molecule has 5 nitrogen and oxygen atoms in total. The van der Waals surface area contributed by atoms with Crippen molar-refractivity contribution >= 4 is 40.7 Å². The lowest BCUT2D eigenvalue weighted by molar-refractivity contribution is -0.138. The van der Waals surface area contributed by atoms with Gasteiger partial charge in [0.15, 0.2) is 0 Å². The molecule has 1 atom stereocenters. The predicted molar refractivity (Wildman–Crippen MR) is 66.4 cm³/mol. The summed E-state index contributed by atoms with van der Waals surface area (Å²) in [6.45, 7) is 1.75. The second-order valence-electron chi connectivity index (χ2n) is 3.17. The summed E-state index contributed by atoms with van der Waals surface area (Å²) in [5.41, 5.74) is -2.44. The summed E-state index contributed by atoms with van der Waals surface area (Å²) in [6, 6.07) is 0. The first kappa shape index (κ1) is 14.1. The largest absolute Gasteiger partial charge is 0.325 e. The molecule has 0 spiro atoms. The first-order chi connectivity index (χ1) is 7.43. The molecule has 1 rings (SSSR count). The molecule has 1 aliphatic rings. The lowest BCUT2D eigenvalue weighted by Gasteiger charge is -2.26. The van der Waals surface area contributed by atoms with Gasteiger partial charge in [0.1, 0.15) is 0 Å². The van der Waals surface area contributed by atoms with E-state index in [2.05, 4.69) is 0 Å². The average Bonchev–Trinajstić information content (AvgIpc) is 2.58. The number of carbonyl (C=O) groups excluding carboxylic acids is 2. The van der Waals surface area contributed by atoms with Crippen molar-refractivity contribution in [3.05, 3.63) is 0 Å². The maximum atomic E-state index is 11.5. The Labute approximate surface area is 104 Å². The first-order valence-electron chi connectivity index (χ1n) is 4.68. The standard InChI is InChI=1S/C8H14NO4PS2/c1-6(16-14(15,12-2)13-3)9-7(10)4-5-8(9)11/h6H,4-5H2,1-3H3. The zero-order chi connectivity index (χ0) is 12.3. The maximum absolute atomic E-state index is 11.5. The smallest absolute Gasteiger partial charge is 0.248 e. The molecule has 16 heavy (non-hydrogen) atoms. The van der Waals surface area contributed by atoms with Gasteiger partial charge in [0, 0.05) is 27.1 Å². The minimum absolute atomic E-state index is 0.154. The summed E-state index contributed by atoms with van der Waals surface area (Å²) >= 11 is 6.39. The van der Waals surface area contributed by atoms with Crippen LogP contribution in [0.15, 0.2) is 0 Å². The SMILES string of the molecule is COP(=S)(OC)SC(C)N1C(=O)CCC1=O. The van der Waals surface area contributed by atoms with Crippen LogP contribution in [-0.2, 0) is 30.4 Å². The molecule has 0 bridgehead atoms. The summed E-state index contributed by atoms with van der Waals surface area (Å²) < 4.78 is 10.2. The van der Waals surface area contributed by atoms with E-state index in [0.29, 0.717) is 0 Å². The Morgan fingerprint density at radius 3 is 2.12 bits per heavy atom. The average molecular weight is 283 g/mol. The number of likely N-dealkylation sites (tertiary alicyclic amines) is 1. The zero-order valence-electron chi connectivity index (χ0n) is 9.34. The van der Waals surface area contributed by atoms with Gasteiger partial charge < -0.3 is 9.05 Å². The molecule has 0 aromatic heterocycles. The predicted octanol–water partition coefficient (Wildman–Crippen LogP) is 1.73. The van der Waals surface area contributed by atoms with Crippen LogP contribution in [0, 0.1) is 0 Å². The Hall–Kier alpha value is 0.0600. The molecule has 1 fully saturated rings. The molecule has 1 saturated heterocycles. The van der Waals surface area contributed by atoms with Crippen molar-refractivity contribution in [3.63, 3.8) is 0 Å². The molecular weight excluding hydrogens is 269 g/mol. The lowest BCUT2D eigenvalue weighted by atomic mass is 10.4. The van der Waals surface area contributed by atoms with Crippen molar-refractivity contribution in [2.24, 2.45) is 0 Å². The van der Waals surface area contributed by atoms with Crippen LogP contribution in [0.25, 0.3) is 0 Å². The molecular formula is C8H14NO4PS2. The number of nitrogens with zero attached hydrogens (tertiary/aromatic N) is 1. The Balaban J connectivity index is 2.71. The monoisotopic (exact) mass is 283 g/mol. The van der Waals surface area contributed by atoms with Crippen LogP contribution in [0.4, 0.5) is 0 Å². The number of rotatable bonds is 5. The Morgan fingerprint density at radius 2 is 1.75 bits per heavy atom. The first-order valence-corrected chi connectivity index (χ1v) is 8.80. The Bertz CT molecular complexity index is 325. The van der Waals surface area contributed by atoms with Gasteiger partial charge in [0.2, 0.25) is 17.5 Å². The quantitative estimate of drug-likeness (QED) is 0.566. The summed E-state index contributed by atoms with van der Waals surface area (Å²) in [4.78, 5) is 24.2. The van der Waals surface area contributed by atoms with E-state index in [1.165, 1.54) is 30.5 Å². The molecule has 1 unspecified atom stereocenters. The van der Waals surface area contributed by atoms with Gasteiger partial charge in [-0.05, 0) is 30.1 Å². The van der Waals surface area contributed by atoms with E-state index >= 15 is 0 Å². The second-order valence-corrected chi connectivity index (χ2v) is 9.90. The van der Waals surface area contributed by atoms with Gasteiger partial charge in [0.05, 0.1) is 5.37 Å². The van der Waals surface area contributed by atoms with Crippen LogP contribution in [-0.4, -0.2) is 36.3 Å². The molecule has 0 aliphatic carbocycles. The molecule has 0 saturated carbocycles. The summed E-state index contributed by atoms with van der Waals surface area (Å²) in [5.74, 6) is -0.308. The van der Waals surface area contributed by atoms with Crippen LogP contribution in [0.2, 0.25) is 0 Å². The molecule has 1 aliphatic heterocycles. The van der Waals surface area contributed by atoms with E-state index < -0.39 is 5.69 Å². The molecule has 8 heteroatoms. The molecule has 0 aromatic carbocycles. The van der Waals surface area contributed by atoms with Crippen LogP contribution in [0.5, 0.6) is 0 Å². The summed E-state index contributed by atoms with van der Waals surface area (Å²) in [6.07, 6.45) is 0.569. The van der Waals surface area contributed by atoms with Crippen LogP contribution in [0.3, 0.4) is 0 Å². The van der Waals surface area contributed by atoms with Gasteiger partial charge in [-0.2, -0.15) is 0 Å². The van der Waals surface area contributed by atoms with E-state index in [1.807, 2.05) is 0 Å². The number of amides is 2. The van der Waals surface area contributed by atoms with Gasteiger partial charge in [0.25, 0.3) is 0 Å². The zero-order valence-corrected chi connectivity index (χ0v) is 11.9. The van der Waals surface area contributed by atoms with Gasteiger partial charge in [-0.15, -0.1) is 0 Å². The minimum Gasteiger partial charge on any atom is -0.325 e. The third-order valence-corrected chi connectivity index (χ3v) is 8.10. The van der Waals surface area contributed by atoms with E-state index in [1.54, 1.807) is 6.92 Å². The van der Waals surface area contributed by atoms with Crippen molar-refractivity contribution < 1.29 is 18.6 Å². The Kier molecular flexibility index (Phi) is 4.94. The topological polar surface area (TPSA) is 55.8 Å². The third kappa shape index (κ3) is 3.05. The molecule has 0 radical (unpaired) electrons. The van der Waals surface area contributed by atoms with E-state index in [9.17, 15) is 9.59 Å². The van der Waals surface area contributed by atoms with Crippen molar-refractivity contribution in [2.45, 2.75) is 25.1 Å². The van der Waals surface area contributed by atoms with Gasteiger partial charge in [-0.3, -0.25) is 14.5 Å². The third-order valence-electron chi connectivity index (χ3n) is 2.18. The van der Waals surface area contributed by atoms with Crippen molar-refractivity contribution in [1.82, 2.24) is 4.90 Å². The van der Waals surface area contributed by atoms with Gasteiger partial charge in [-0.25, -0.2) is 0 Å². The van der Waals surface area contributed by atoms with Crippen molar-refractivity contribution in [3.8, 4) is 0 Å². The number of hydrogen-bond acceptors (Lipinski definition) is 6. The fourth-order valence-corrected chi connectivity index (χ4v) is 5.46. The van der Waals surface area contributed by atoms with E-state index in [-0.39, 0.29) is 30.0 Å². The minimum atomic E-state index is -2.44. The highest BCUT2D eigenvalue weighted by atomic mass is 32.9. The van der Waals surface area contributed by atoms with Crippen LogP contribution in [0.1, 0.15) is 19.8 Å². The highest BCUT2D eigenvalue weighted by Crippen LogP contribution is 2.62. The lowest BCUT2D eigenvalue weighted by Crippen LogP contribution is -2.35. The number of hydrogen-bond donors (Lipinski definition) is 0. The molecule has 0 N–H and O–H groups in total. The van der Waals surface area contributed by atoms with Crippen LogP contribution < -0.4 is 0 Å². The highest BCUT2D eigenvalue weighted by molar-refractivity contribution is 8.68. The van der Waals surface area contributed by atoms with E-state index in [4.69, 9.17) is 20.9 Å². The molecule has 92 valence electrons. The normalized spacial score (nSPS) is 19.3. The summed E-state index contributed by atoms with van der Waals surface area (Å²) in [5, 5.41) is -0.340. The number of imide groups is 1. The highest BCUT2D eigenvalue weighted by Gasteiger charge is 2.36. The summed E-state index contributed by atoms with van der Waals surface area (Å²) in [7, 11) is 2.94. The van der Waals surface area contributed by atoms with Crippen molar-refractivity contribution in [1.29, 1.82) is 0 Å². The molecule has 0 aromatic rings. The van der Waals surface area contributed by atoms with E-state index in [0.717, 1.165) is 0 Å². The fraction of sp³-hybridized carbons (Fsp3) is 0.750. The Morgan fingerprint density at radius 1 is 1.31 bits per heavy atom. The fourth-order valence-electron chi connectivity index (χ4n) is 1.39. The second kappa shape index (κ2) is 5.60. The molecule has 2 amide bonds. The van der Waals surface area contributed by atoms with Crippen LogP contribution >= 0.6 is 17.1 Å². The van der Waals surface area contributed by atoms with Gasteiger partial charge >= 0.3 is 0 Å². The van der Waals surface area contributed by atoms with Crippen molar-refractivity contribution in [2.75, 3.05) is 14.2 Å². The number of carbonyl (C=O) groups is 2. The maximum Gasteiger partial charge on any atom is 0.248 e. The van der Waals surface area contributed by atoms with Gasteiger partial charge in [-0.1, -0.05) is 0 Å². The molecule has 1 heterocycles.